The van der Waals surface area contributed by atoms with Gasteiger partial charge in [0.15, 0.2) is 11.5 Å². The molecule has 30 heavy (non-hydrogen) atoms. The second-order valence-electron chi connectivity index (χ2n) is 6.37. The summed E-state index contributed by atoms with van der Waals surface area (Å²) in [4.78, 5) is 26.9. The summed E-state index contributed by atoms with van der Waals surface area (Å²) in [7, 11) is 1.45. The molecule has 2 aromatic rings. The van der Waals surface area contributed by atoms with E-state index in [1.165, 1.54) is 23.8 Å². The Balaban J connectivity index is 1.88. The topological polar surface area (TPSA) is 55.8 Å². The van der Waals surface area contributed by atoms with Crippen molar-refractivity contribution in [2.24, 2.45) is 0 Å². The average Bonchev–Trinajstić information content (AvgIpc) is 2.97. The normalized spacial score (nSPS) is 14.9. The second kappa shape index (κ2) is 9.47. The molecule has 1 fully saturated rings. The van der Waals surface area contributed by atoms with E-state index in [1.54, 1.807) is 36.4 Å². The van der Waals surface area contributed by atoms with Crippen LogP contribution in [0, 0.1) is 6.92 Å². The first kappa shape index (κ1) is 22.1. The molecule has 1 aliphatic rings. The van der Waals surface area contributed by atoms with Crippen LogP contribution in [0.5, 0.6) is 11.5 Å². The third-order valence-electron chi connectivity index (χ3n) is 4.22. The molecule has 0 spiro atoms. The van der Waals surface area contributed by atoms with Crippen molar-refractivity contribution >= 4 is 57.9 Å². The lowest BCUT2D eigenvalue weighted by atomic mass is 10.1. The predicted octanol–water partition coefficient (Wildman–Crippen LogP) is 5.26. The van der Waals surface area contributed by atoms with Crippen LogP contribution < -0.4 is 9.47 Å². The Morgan fingerprint density at radius 1 is 1.30 bits per heavy atom. The minimum atomic E-state index is -0.548. The lowest BCUT2D eigenvalue weighted by molar-refractivity contribution is -0.121. The molecule has 0 N–H and O–H groups in total. The molecule has 0 unspecified atom stereocenters. The van der Waals surface area contributed by atoms with E-state index in [0.717, 1.165) is 5.56 Å². The number of carbonyl (C=O) groups excluding carboxylic acids is 2. The van der Waals surface area contributed by atoms with Crippen molar-refractivity contribution in [1.29, 1.82) is 0 Å². The molecule has 0 aromatic heterocycles. The number of rotatable bonds is 6. The molecular formula is C22H18ClNO4S2. The van der Waals surface area contributed by atoms with Gasteiger partial charge in [-0.3, -0.25) is 9.69 Å². The maximum Gasteiger partial charge on any atom is 0.343 e. The molecular weight excluding hydrogens is 442 g/mol. The zero-order valence-corrected chi connectivity index (χ0v) is 18.7. The molecule has 0 saturated carbocycles. The number of nitrogens with zero attached hydrogens (tertiary/aromatic N) is 1. The van der Waals surface area contributed by atoms with Gasteiger partial charge in [0.05, 0.1) is 22.6 Å². The molecule has 0 atom stereocenters. The van der Waals surface area contributed by atoms with Gasteiger partial charge in [0, 0.05) is 6.54 Å². The molecule has 8 heteroatoms. The quantitative estimate of drug-likeness (QED) is 0.193. The minimum Gasteiger partial charge on any atom is -0.493 e. The Morgan fingerprint density at radius 2 is 2.00 bits per heavy atom. The average molecular weight is 460 g/mol. The summed E-state index contributed by atoms with van der Waals surface area (Å²) in [6.45, 7) is 5.91. The van der Waals surface area contributed by atoms with Crippen LogP contribution in [-0.2, 0) is 4.79 Å². The fourth-order valence-corrected chi connectivity index (χ4v) is 4.23. The van der Waals surface area contributed by atoms with Gasteiger partial charge in [-0.05, 0) is 42.8 Å². The standard InChI is InChI=1S/C22H18ClNO4S2/c1-4-9-24-20(25)18(30-22(24)29)12-14-10-16(23)19(17(11-14)27-3)28-21(26)15-7-5-13(2)6-8-15/h4-8,10-12H,1,9H2,2-3H3. The monoisotopic (exact) mass is 459 g/mol. The molecule has 5 nitrogen and oxygen atoms in total. The van der Waals surface area contributed by atoms with E-state index in [9.17, 15) is 9.59 Å². The van der Waals surface area contributed by atoms with E-state index in [-0.39, 0.29) is 22.4 Å². The molecule has 0 radical (unpaired) electrons. The number of methoxy groups -OCH3 is 1. The van der Waals surface area contributed by atoms with Crippen molar-refractivity contribution in [3.05, 3.63) is 75.7 Å². The Kier molecular flexibility index (Phi) is 6.97. The minimum absolute atomic E-state index is 0.112. The van der Waals surface area contributed by atoms with Crippen molar-refractivity contribution in [2.75, 3.05) is 13.7 Å². The molecule has 2 aromatic carbocycles. The second-order valence-corrected chi connectivity index (χ2v) is 8.45. The largest absolute Gasteiger partial charge is 0.493 e. The zero-order chi connectivity index (χ0) is 21.8. The predicted molar refractivity (Wildman–Crippen MR) is 124 cm³/mol. The Hall–Kier alpha value is -2.61. The summed E-state index contributed by atoms with van der Waals surface area (Å²) in [5, 5.41) is 0.183. The zero-order valence-electron chi connectivity index (χ0n) is 16.3. The van der Waals surface area contributed by atoms with E-state index in [0.29, 0.717) is 26.9 Å². The highest BCUT2D eigenvalue weighted by Gasteiger charge is 2.31. The van der Waals surface area contributed by atoms with Crippen LogP contribution in [0.15, 0.2) is 54.0 Å². The molecule has 1 heterocycles. The molecule has 1 saturated heterocycles. The number of aryl methyl sites for hydroxylation is 1. The van der Waals surface area contributed by atoms with Crippen molar-refractivity contribution < 1.29 is 19.1 Å². The SMILES string of the molecule is C=CCN1C(=O)C(=Cc2cc(Cl)c(OC(=O)c3ccc(C)cc3)c(OC)c2)SC1=S. The van der Waals surface area contributed by atoms with Crippen LogP contribution in [0.3, 0.4) is 0 Å². The smallest absolute Gasteiger partial charge is 0.343 e. The molecule has 0 bridgehead atoms. The highest BCUT2D eigenvalue weighted by Crippen LogP contribution is 2.39. The first-order valence-electron chi connectivity index (χ1n) is 8.86. The van der Waals surface area contributed by atoms with E-state index in [4.69, 9.17) is 33.3 Å². The van der Waals surface area contributed by atoms with Crippen molar-refractivity contribution in [3.8, 4) is 11.5 Å². The van der Waals surface area contributed by atoms with Gasteiger partial charge in [0.1, 0.15) is 4.32 Å². The number of amides is 1. The van der Waals surface area contributed by atoms with Gasteiger partial charge < -0.3 is 9.47 Å². The van der Waals surface area contributed by atoms with Crippen molar-refractivity contribution in [3.63, 3.8) is 0 Å². The van der Waals surface area contributed by atoms with Gasteiger partial charge in [-0.25, -0.2) is 4.79 Å². The van der Waals surface area contributed by atoms with Crippen LogP contribution in [0.25, 0.3) is 6.08 Å². The number of benzene rings is 2. The number of hydrogen-bond donors (Lipinski definition) is 0. The summed E-state index contributed by atoms with van der Waals surface area (Å²) in [5.74, 6) is -0.361. The third-order valence-corrected chi connectivity index (χ3v) is 5.88. The van der Waals surface area contributed by atoms with Gasteiger partial charge in [0.25, 0.3) is 5.91 Å². The Bertz CT molecular complexity index is 1060. The molecule has 1 aliphatic heterocycles. The fraction of sp³-hybridized carbons (Fsp3) is 0.136. The molecule has 3 rings (SSSR count). The van der Waals surface area contributed by atoms with E-state index in [1.807, 2.05) is 19.1 Å². The number of thioether (sulfide) groups is 1. The Morgan fingerprint density at radius 3 is 2.63 bits per heavy atom. The third kappa shape index (κ3) is 4.75. The summed E-state index contributed by atoms with van der Waals surface area (Å²) in [6, 6.07) is 10.2. The lowest BCUT2D eigenvalue weighted by Gasteiger charge is -2.12. The van der Waals surface area contributed by atoms with Gasteiger partial charge >= 0.3 is 5.97 Å². The summed E-state index contributed by atoms with van der Waals surface area (Å²) >= 11 is 12.8. The van der Waals surface area contributed by atoms with E-state index < -0.39 is 5.97 Å². The van der Waals surface area contributed by atoms with Crippen LogP contribution >= 0.6 is 35.6 Å². The highest BCUT2D eigenvalue weighted by molar-refractivity contribution is 8.26. The maximum absolute atomic E-state index is 12.5. The summed E-state index contributed by atoms with van der Waals surface area (Å²) in [6.07, 6.45) is 3.28. The van der Waals surface area contributed by atoms with Gasteiger partial charge in [0.2, 0.25) is 0 Å². The van der Waals surface area contributed by atoms with Crippen LogP contribution in [0.2, 0.25) is 5.02 Å². The van der Waals surface area contributed by atoms with E-state index in [2.05, 4.69) is 6.58 Å². The molecule has 0 aliphatic carbocycles. The number of ether oxygens (including phenoxy) is 2. The van der Waals surface area contributed by atoms with Gasteiger partial charge in [-0.1, -0.05) is 59.4 Å². The first-order chi connectivity index (χ1) is 14.3. The fourth-order valence-electron chi connectivity index (χ4n) is 2.70. The number of thiocarbonyl (C=S) groups is 1. The van der Waals surface area contributed by atoms with Crippen molar-refractivity contribution in [2.45, 2.75) is 6.92 Å². The number of halogens is 1. The molecule has 154 valence electrons. The lowest BCUT2D eigenvalue weighted by Crippen LogP contribution is -2.27. The number of carbonyl (C=O) groups is 2. The maximum atomic E-state index is 12.5. The number of hydrogen-bond acceptors (Lipinski definition) is 6. The number of esters is 1. The highest BCUT2D eigenvalue weighted by atomic mass is 35.5. The van der Waals surface area contributed by atoms with E-state index >= 15 is 0 Å². The van der Waals surface area contributed by atoms with Crippen LogP contribution in [0.4, 0.5) is 0 Å². The Labute approximate surface area is 189 Å². The van der Waals surface area contributed by atoms with Gasteiger partial charge in [-0.2, -0.15) is 0 Å². The first-order valence-corrected chi connectivity index (χ1v) is 10.5. The van der Waals surface area contributed by atoms with Gasteiger partial charge in [-0.15, -0.1) is 6.58 Å². The summed E-state index contributed by atoms with van der Waals surface area (Å²) in [5.41, 5.74) is 2.05. The molecule has 1 amide bonds. The van der Waals surface area contributed by atoms with Crippen LogP contribution in [-0.4, -0.2) is 34.8 Å². The van der Waals surface area contributed by atoms with Crippen molar-refractivity contribution in [1.82, 2.24) is 4.90 Å². The van der Waals surface area contributed by atoms with Crippen LogP contribution in [0.1, 0.15) is 21.5 Å². The summed E-state index contributed by atoms with van der Waals surface area (Å²) < 4.78 is 11.3.